The van der Waals surface area contributed by atoms with Crippen LogP contribution in [0, 0.1) is 0 Å². The first kappa shape index (κ1) is 20.5. The Morgan fingerprint density at radius 1 is 1.07 bits per heavy atom. The number of fused-ring (bicyclic) bond motifs is 1. The van der Waals surface area contributed by atoms with Crippen molar-refractivity contribution in [1.82, 2.24) is 4.57 Å². The topological polar surface area (TPSA) is 62.1 Å². The van der Waals surface area contributed by atoms with Crippen molar-refractivity contribution in [3.63, 3.8) is 0 Å². The van der Waals surface area contributed by atoms with Gasteiger partial charge < -0.3 is 18.8 Å². The van der Waals surface area contributed by atoms with E-state index in [0.29, 0.717) is 44.2 Å². The van der Waals surface area contributed by atoms with Crippen molar-refractivity contribution in [1.29, 1.82) is 0 Å². The fraction of sp³-hybridized carbons (Fsp3) is 0.263. The van der Waals surface area contributed by atoms with Crippen molar-refractivity contribution in [3.05, 3.63) is 44.7 Å². The van der Waals surface area contributed by atoms with Gasteiger partial charge in [0.2, 0.25) is 5.75 Å². The van der Waals surface area contributed by atoms with Crippen molar-refractivity contribution in [2.24, 2.45) is 4.99 Å². The molecule has 1 amide bonds. The molecule has 0 radical (unpaired) electrons. The fourth-order valence-corrected chi connectivity index (χ4v) is 4.74. The van der Waals surface area contributed by atoms with Crippen LogP contribution in [0.1, 0.15) is 17.3 Å². The van der Waals surface area contributed by atoms with Gasteiger partial charge >= 0.3 is 0 Å². The zero-order chi connectivity index (χ0) is 20.4. The average molecular weight is 441 g/mol. The van der Waals surface area contributed by atoms with E-state index in [1.54, 1.807) is 18.2 Å². The summed E-state index contributed by atoms with van der Waals surface area (Å²) in [5.41, 5.74) is 1.12. The summed E-state index contributed by atoms with van der Waals surface area (Å²) in [5.74, 6) is 0.744. The Morgan fingerprint density at radius 3 is 2.25 bits per heavy atom. The normalized spacial score (nSPS) is 11.7. The van der Waals surface area contributed by atoms with Gasteiger partial charge in [-0.05, 0) is 31.2 Å². The molecule has 0 saturated heterocycles. The molecule has 6 nitrogen and oxygen atoms in total. The van der Waals surface area contributed by atoms with E-state index >= 15 is 0 Å². The molecule has 0 N–H and O–H groups in total. The smallest absolute Gasteiger partial charge is 0.279 e. The summed E-state index contributed by atoms with van der Waals surface area (Å²) in [7, 11) is 4.49. The van der Waals surface area contributed by atoms with Crippen LogP contribution in [0.15, 0.2) is 29.3 Å². The number of hydrogen-bond donors (Lipinski definition) is 0. The molecule has 3 aromatic rings. The molecule has 0 aliphatic heterocycles. The molecule has 0 aliphatic carbocycles. The number of nitrogens with zero attached hydrogens (tertiary/aromatic N) is 2. The third-order valence-electron chi connectivity index (χ3n) is 4.12. The number of methoxy groups -OCH3 is 3. The van der Waals surface area contributed by atoms with Crippen molar-refractivity contribution < 1.29 is 19.0 Å². The second kappa shape index (κ2) is 8.43. The lowest BCUT2D eigenvalue weighted by Gasteiger charge is -2.12. The van der Waals surface area contributed by atoms with E-state index in [2.05, 4.69) is 4.99 Å². The monoisotopic (exact) mass is 440 g/mol. The Kier molecular flexibility index (Phi) is 6.17. The molecule has 3 rings (SSSR count). The predicted molar refractivity (Wildman–Crippen MR) is 112 cm³/mol. The first-order chi connectivity index (χ1) is 13.4. The van der Waals surface area contributed by atoms with Gasteiger partial charge in [0.05, 0.1) is 36.6 Å². The van der Waals surface area contributed by atoms with E-state index in [1.165, 1.54) is 32.7 Å². The Hall–Kier alpha value is -2.22. The Morgan fingerprint density at radius 2 is 1.71 bits per heavy atom. The van der Waals surface area contributed by atoms with E-state index in [-0.39, 0.29) is 0 Å². The summed E-state index contributed by atoms with van der Waals surface area (Å²) in [6.07, 6.45) is 0. The minimum absolute atomic E-state index is 0.318. The SMILES string of the molecule is CCn1c(=NC(=O)c2cc(OC)c(OC)c(OC)c2)sc2cc(Cl)cc(Cl)c21. The molecule has 0 spiro atoms. The van der Waals surface area contributed by atoms with Crippen molar-refractivity contribution in [2.45, 2.75) is 13.5 Å². The number of hydrogen-bond acceptors (Lipinski definition) is 5. The first-order valence-corrected chi connectivity index (χ1v) is 9.88. The van der Waals surface area contributed by atoms with Crippen LogP contribution in [-0.4, -0.2) is 31.8 Å². The maximum atomic E-state index is 12.9. The number of aromatic nitrogens is 1. The highest BCUT2D eigenvalue weighted by Crippen LogP contribution is 2.38. The summed E-state index contributed by atoms with van der Waals surface area (Å²) in [6, 6.07) is 6.62. The first-order valence-electron chi connectivity index (χ1n) is 8.30. The molecule has 0 bridgehead atoms. The Bertz CT molecular complexity index is 1100. The van der Waals surface area contributed by atoms with E-state index < -0.39 is 5.91 Å². The Balaban J connectivity index is 2.17. The third kappa shape index (κ3) is 3.70. The molecule has 0 fully saturated rings. The number of halogens is 2. The standard InChI is InChI=1S/C19H18Cl2N2O4S/c1-5-23-16-12(21)8-11(20)9-15(16)28-19(23)22-18(24)10-6-13(25-2)17(27-4)14(7-10)26-3/h6-9H,5H2,1-4H3. The van der Waals surface area contributed by atoms with Crippen LogP contribution in [-0.2, 0) is 6.54 Å². The third-order valence-corrected chi connectivity index (χ3v) is 5.65. The van der Waals surface area contributed by atoms with E-state index in [0.717, 1.165) is 10.2 Å². The summed E-state index contributed by atoms with van der Waals surface area (Å²) in [6.45, 7) is 2.56. The number of carbonyl (C=O) groups excluding carboxylic acids is 1. The summed E-state index contributed by atoms with van der Waals surface area (Å²) < 4.78 is 18.6. The number of ether oxygens (including phenoxy) is 3. The molecular weight excluding hydrogens is 423 g/mol. The summed E-state index contributed by atoms with van der Waals surface area (Å²) >= 11 is 13.8. The van der Waals surface area contributed by atoms with Crippen LogP contribution < -0.4 is 19.0 Å². The van der Waals surface area contributed by atoms with Gasteiger partial charge in [-0.15, -0.1) is 0 Å². The number of aryl methyl sites for hydroxylation is 1. The molecular formula is C19H18Cl2N2O4S. The molecule has 2 aromatic carbocycles. The Labute approximate surface area is 175 Å². The average Bonchev–Trinajstić information content (AvgIpc) is 3.03. The van der Waals surface area contributed by atoms with Gasteiger partial charge in [-0.1, -0.05) is 34.5 Å². The minimum atomic E-state index is -0.435. The van der Waals surface area contributed by atoms with E-state index in [4.69, 9.17) is 37.4 Å². The maximum absolute atomic E-state index is 12.9. The zero-order valence-corrected chi connectivity index (χ0v) is 18.0. The lowest BCUT2D eigenvalue weighted by atomic mass is 10.1. The summed E-state index contributed by atoms with van der Waals surface area (Å²) in [5, 5.41) is 1.05. The molecule has 1 aromatic heterocycles. The second-order valence-electron chi connectivity index (χ2n) is 5.69. The van der Waals surface area contributed by atoms with Crippen molar-refractivity contribution in [2.75, 3.05) is 21.3 Å². The number of benzene rings is 2. The van der Waals surface area contributed by atoms with Crippen LogP contribution in [0.4, 0.5) is 0 Å². The van der Waals surface area contributed by atoms with E-state index in [1.807, 2.05) is 17.6 Å². The van der Waals surface area contributed by atoms with Crippen LogP contribution in [0.3, 0.4) is 0 Å². The minimum Gasteiger partial charge on any atom is -0.493 e. The number of amides is 1. The van der Waals surface area contributed by atoms with Crippen LogP contribution in [0.5, 0.6) is 17.2 Å². The fourth-order valence-electron chi connectivity index (χ4n) is 2.86. The lowest BCUT2D eigenvalue weighted by molar-refractivity contribution is 0.0997. The van der Waals surface area contributed by atoms with Gasteiger partial charge in [0, 0.05) is 17.1 Å². The number of thiazole rings is 1. The maximum Gasteiger partial charge on any atom is 0.279 e. The van der Waals surface area contributed by atoms with Gasteiger partial charge in [0.25, 0.3) is 5.91 Å². The van der Waals surface area contributed by atoms with Crippen LogP contribution in [0.2, 0.25) is 10.0 Å². The zero-order valence-electron chi connectivity index (χ0n) is 15.7. The largest absolute Gasteiger partial charge is 0.493 e. The van der Waals surface area contributed by atoms with Gasteiger partial charge in [-0.25, -0.2) is 0 Å². The summed E-state index contributed by atoms with van der Waals surface area (Å²) in [4.78, 5) is 17.7. The highest BCUT2D eigenvalue weighted by atomic mass is 35.5. The van der Waals surface area contributed by atoms with Crippen molar-refractivity contribution >= 4 is 50.7 Å². The van der Waals surface area contributed by atoms with Gasteiger partial charge in [0.15, 0.2) is 16.3 Å². The highest BCUT2D eigenvalue weighted by molar-refractivity contribution is 7.16. The molecule has 0 saturated carbocycles. The molecule has 0 unspecified atom stereocenters. The molecule has 148 valence electrons. The van der Waals surface area contributed by atoms with Crippen LogP contribution >= 0.6 is 34.5 Å². The predicted octanol–water partition coefficient (Wildman–Crippen LogP) is 4.80. The quantitative estimate of drug-likeness (QED) is 0.571. The van der Waals surface area contributed by atoms with Crippen LogP contribution in [0.25, 0.3) is 10.2 Å². The van der Waals surface area contributed by atoms with E-state index in [9.17, 15) is 4.79 Å². The molecule has 0 aliphatic rings. The number of carbonyl (C=O) groups is 1. The molecule has 28 heavy (non-hydrogen) atoms. The number of rotatable bonds is 5. The lowest BCUT2D eigenvalue weighted by Crippen LogP contribution is -2.16. The molecule has 0 atom stereocenters. The van der Waals surface area contributed by atoms with Gasteiger partial charge in [0.1, 0.15) is 0 Å². The molecule has 9 heteroatoms. The van der Waals surface area contributed by atoms with Crippen molar-refractivity contribution in [3.8, 4) is 17.2 Å². The van der Waals surface area contributed by atoms with Gasteiger partial charge in [-0.2, -0.15) is 4.99 Å². The second-order valence-corrected chi connectivity index (χ2v) is 7.55. The van der Waals surface area contributed by atoms with Gasteiger partial charge in [-0.3, -0.25) is 4.79 Å². The molecule has 1 heterocycles. The highest BCUT2D eigenvalue weighted by Gasteiger charge is 2.17.